The fourth-order valence-electron chi connectivity index (χ4n) is 3.93. The number of nitrogens with zero attached hydrogens (tertiary/aromatic N) is 1. The molecule has 0 atom stereocenters. The second kappa shape index (κ2) is 8.91. The molecule has 0 saturated carbocycles. The Morgan fingerprint density at radius 1 is 1.00 bits per heavy atom. The third kappa shape index (κ3) is 4.69. The topological polar surface area (TPSA) is 42.4 Å². The number of ether oxygens (including phenoxy) is 1. The maximum absolute atomic E-state index is 13.5. The van der Waals surface area contributed by atoms with Crippen molar-refractivity contribution in [3.8, 4) is 5.75 Å². The van der Waals surface area contributed by atoms with E-state index in [1.54, 1.807) is 12.3 Å². The molecule has 1 heterocycles. The van der Waals surface area contributed by atoms with Crippen molar-refractivity contribution in [2.24, 2.45) is 0 Å². The van der Waals surface area contributed by atoms with Crippen LogP contribution in [0.2, 0.25) is 0 Å². The number of hydrogen-bond acceptors (Lipinski definition) is 3. The Kier molecular flexibility index (Phi) is 6.04. The molecular formula is C26H22F3NO2. The van der Waals surface area contributed by atoms with Gasteiger partial charge in [0.2, 0.25) is 0 Å². The van der Waals surface area contributed by atoms with Gasteiger partial charge in [0.15, 0.2) is 0 Å². The van der Waals surface area contributed by atoms with Crippen LogP contribution in [0.25, 0.3) is 16.9 Å². The summed E-state index contributed by atoms with van der Waals surface area (Å²) in [5.74, 6) is 0.303. The highest BCUT2D eigenvalue weighted by molar-refractivity contribution is 5.94. The Morgan fingerprint density at radius 3 is 2.47 bits per heavy atom. The van der Waals surface area contributed by atoms with Gasteiger partial charge in [0.25, 0.3) is 0 Å². The van der Waals surface area contributed by atoms with Crippen molar-refractivity contribution in [1.82, 2.24) is 4.98 Å². The standard InChI is InChI=1S/C26H22F3NO2/c1-17(31)19-12-20(15-30-14-19)22-8-5-9-23(22)24-13-21(26(27,28)29)10-11-25(24)32-16-18-6-3-2-4-7-18/h2-4,6-7,10-15,31H,1,5,8-9,16H2. The van der Waals surface area contributed by atoms with Gasteiger partial charge in [-0.3, -0.25) is 4.98 Å². The van der Waals surface area contributed by atoms with Crippen molar-refractivity contribution < 1.29 is 23.0 Å². The lowest BCUT2D eigenvalue weighted by Crippen LogP contribution is -2.07. The second-order valence-corrected chi connectivity index (χ2v) is 7.70. The van der Waals surface area contributed by atoms with E-state index in [9.17, 15) is 18.3 Å². The smallest absolute Gasteiger partial charge is 0.416 e. The van der Waals surface area contributed by atoms with Crippen LogP contribution in [0.15, 0.2) is 73.6 Å². The molecule has 1 aliphatic carbocycles. The van der Waals surface area contributed by atoms with Gasteiger partial charge < -0.3 is 9.84 Å². The van der Waals surface area contributed by atoms with Gasteiger partial charge in [0.05, 0.1) is 5.56 Å². The van der Waals surface area contributed by atoms with Crippen LogP contribution in [0.1, 0.15) is 47.1 Å². The Morgan fingerprint density at radius 2 is 1.75 bits per heavy atom. The number of aliphatic hydroxyl groups excluding tert-OH is 1. The van der Waals surface area contributed by atoms with Crippen LogP contribution in [0, 0.1) is 0 Å². The zero-order valence-electron chi connectivity index (χ0n) is 17.3. The first-order valence-electron chi connectivity index (χ1n) is 10.3. The summed E-state index contributed by atoms with van der Waals surface area (Å²) in [5, 5.41) is 9.73. The van der Waals surface area contributed by atoms with Crippen molar-refractivity contribution >= 4 is 16.9 Å². The first-order chi connectivity index (χ1) is 15.3. The lowest BCUT2D eigenvalue weighted by atomic mass is 9.95. The van der Waals surface area contributed by atoms with E-state index < -0.39 is 11.7 Å². The third-order valence-corrected chi connectivity index (χ3v) is 5.51. The molecule has 2 aromatic carbocycles. The number of alkyl halides is 3. The number of pyridine rings is 1. The molecule has 0 bridgehead atoms. The van der Waals surface area contributed by atoms with Gasteiger partial charge in [-0.2, -0.15) is 13.2 Å². The molecule has 6 heteroatoms. The fraction of sp³-hybridized carbons (Fsp3) is 0.192. The quantitative estimate of drug-likeness (QED) is 0.411. The van der Waals surface area contributed by atoms with Crippen LogP contribution in [0.5, 0.6) is 5.75 Å². The SMILES string of the molecule is C=C(O)c1cncc(C2=C(c3cc(C(F)(F)F)ccc3OCc3ccccc3)CCC2)c1. The molecule has 1 N–H and O–H groups in total. The molecule has 0 saturated heterocycles. The molecule has 1 aliphatic rings. The van der Waals surface area contributed by atoms with E-state index in [-0.39, 0.29) is 12.4 Å². The van der Waals surface area contributed by atoms with Gasteiger partial charge in [-0.1, -0.05) is 36.9 Å². The maximum Gasteiger partial charge on any atom is 0.416 e. The summed E-state index contributed by atoms with van der Waals surface area (Å²) in [6, 6.07) is 14.9. The molecule has 0 amide bonds. The first-order valence-corrected chi connectivity index (χ1v) is 10.3. The summed E-state index contributed by atoms with van der Waals surface area (Å²) in [5.41, 5.74) is 3.61. The first kappa shape index (κ1) is 21.7. The summed E-state index contributed by atoms with van der Waals surface area (Å²) in [7, 11) is 0. The van der Waals surface area contributed by atoms with Crippen LogP contribution in [-0.2, 0) is 12.8 Å². The van der Waals surface area contributed by atoms with Gasteiger partial charge in [-0.15, -0.1) is 0 Å². The highest BCUT2D eigenvalue weighted by atomic mass is 19.4. The molecule has 3 aromatic rings. The van der Waals surface area contributed by atoms with Gasteiger partial charge in [-0.05, 0) is 65.8 Å². The summed E-state index contributed by atoms with van der Waals surface area (Å²) in [6.07, 6.45) is 0.839. The molecule has 1 aromatic heterocycles. The van der Waals surface area contributed by atoms with Crippen molar-refractivity contribution in [3.05, 3.63) is 101 Å². The molecule has 0 fully saturated rings. The summed E-state index contributed by atoms with van der Waals surface area (Å²) >= 11 is 0. The van der Waals surface area contributed by atoms with E-state index in [1.807, 2.05) is 30.3 Å². The number of aromatic nitrogens is 1. The van der Waals surface area contributed by atoms with Gasteiger partial charge in [0, 0.05) is 23.5 Å². The molecule has 164 valence electrons. The average molecular weight is 437 g/mol. The average Bonchev–Trinajstić information content (AvgIpc) is 3.27. The normalized spacial score (nSPS) is 14.0. The van der Waals surface area contributed by atoms with Crippen molar-refractivity contribution in [2.75, 3.05) is 0 Å². The Labute approximate surface area is 184 Å². The van der Waals surface area contributed by atoms with E-state index in [0.29, 0.717) is 29.7 Å². The minimum atomic E-state index is -4.46. The highest BCUT2D eigenvalue weighted by Crippen LogP contribution is 2.44. The Hall–Kier alpha value is -3.54. The molecule has 0 spiro atoms. The lowest BCUT2D eigenvalue weighted by Gasteiger charge is -2.17. The zero-order chi connectivity index (χ0) is 22.7. The molecular weight excluding hydrogens is 415 g/mol. The van der Waals surface area contributed by atoms with Crippen LogP contribution in [0.3, 0.4) is 0 Å². The predicted molar refractivity (Wildman–Crippen MR) is 119 cm³/mol. The number of benzene rings is 2. The number of halogens is 3. The number of aliphatic hydroxyl groups is 1. The van der Waals surface area contributed by atoms with Crippen molar-refractivity contribution in [3.63, 3.8) is 0 Å². The van der Waals surface area contributed by atoms with Crippen LogP contribution >= 0.6 is 0 Å². The second-order valence-electron chi connectivity index (χ2n) is 7.70. The Balaban J connectivity index is 1.79. The third-order valence-electron chi connectivity index (χ3n) is 5.51. The number of rotatable bonds is 6. The van der Waals surface area contributed by atoms with Gasteiger partial charge >= 0.3 is 6.18 Å². The van der Waals surface area contributed by atoms with Crippen LogP contribution < -0.4 is 4.74 Å². The highest BCUT2D eigenvalue weighted by Gasteiger charge is 2.32. The van der Waals surface area contributed by atoms with E-state index >= 15 is 0 Å². The fourth-order valence-corrected chi connectivity index (χ4v) is 3.93. The minimum absolute atomic E-state index is 0.106. The maximum atomic E-state index is 13.5. The summed E-state index contributed by atoms with van der Waals surface area (Å²) < 4.78 is 46.5. The Bertz CT molecular complexity index is 1170. The monoisotopic (exact) mass is 437 g/mol. The van der Waals surface area contributed by atoms with Gasteiger partial charge in [-0.25, -0.2) is 0 Å². The largest absolute Gasteiger partial charge is 0.508 e. The molecule has 32 heavy (non-hydrogen) atoms. The summed E-state index contributed by atoms with van der Waals surface area (Å²) in [4.78, 5) is 4.17. The molecule has 3 nitrogen and oxygen atoms in total. The van der Waals surface area contributed by atoms with E-state index in [0.717, 1.165) is 34.8 Å². The number of allylic oxidation sites excluding steroid dienone is 2. The van der Waals surface area contributed by atoms with Crippen LogP contribution in [-0.4, -0.2) is 10.1 Å². The van der Waals surface area contributed by atoms with E-state index in [4.69, 9.17) is 4.74 Å². The van der Waals surface area contributed by atoms with Crippen molar-refractivity contribution in [1.29, 1.82) is 0 Å². The molecule has 0 unspecified atom stereocenters. The molecule has 0 aliphatic heterocycles. The van der Waals surface area contributed by atoms with E-state index in [1.165, 1.54) is 18.3 Å². The lowest BCUT2D eigenvalue weighted by molar-refractivity contribution is -0.137. The van der Waals surface area contributed by atoms with E-state index in [2.05, 4.69) is 11.6 Å². The van der Waals surface area contributed by atoms with Crippen LogP contribution in [0.4, 0.5) is 13.2 Å². The summed E-state index contributed by atoms with van der Waals surface area (Å²) in [6.45, 7) is 3.78. The molecule has 4 rings (SSSR count). The molecule has 0 radical (unpaired) electrons. The minimum Gasteiger partial charge on any atom is -0.508 e. The number of hydrogen-bond donors (Lipinski definition) is 1. The van der Waals surface area contributed by atoms with Gasteiger partial charge in [0.1, 0.15) is 18.1 Å². The zero-order valence-corrected chi connectivity index (χ0v) is 17.3. The predicted octanol–water partition coefficient (Wildman–Crippen LogP) is 7.30. The van der Waals surface area contributed by atoms with Crippen molar-refractivity contribution in [2.45, 2.75) is 32.0 Å².